The number of hydrogen-bond acceptors (Lipinski definition) is 8. The first kappa shape index (κ1) is 18.3. The lowest BCUT2D eigenvalue weighted by molar-refractivity contribution is -0.132. The molecule has 0 radical (unpaired) electrons. The van der Waals surface area contributed by atoms with E-state index in [0.717, 1.165) is 4.90 Å². The molecule has 0 aromatic heterocycles. The number of fused-ring (bicyclic) bond motifs is 2. The van der Waals surface area contributed by atoms with Crippen LogP contribution in [0.4, 0.5) is 4.79 Å². The minimum absolute atomic E-state index is 0.0243. The van der Waals surface area contributed by atoms with Crippen molar-refractivity contribution < 1.29 is 36.7 Å². The first-order valence-electron chi connectivity index (χ1n) is 6.87. The van der Waals surface area contributed by atoms with E-state index in [-0.39, 0.29) is 19.4 Å². The van der Waals surface area contributed by atoms with Gasteiger partial charge in [0, 0.05) is 6.54 Å². The zero-order valence-corrected chi connectivity index (χ0v) is 13.1. The van der Waals surface area contributed by atoms with Gasteiger partial charge in [0.2, 0.25) is 0 Å². The van der Waals surface area contributed by atoms with Crippen molar-refractivity contribution in [1.82, 2.24) is 20.8 Å². The SMILES string of the molecule is N[C@@H](CO)C(=O)NNC(=O)C1CC[C@@H]2CN1C(=O)N2OS(=O)(=O)O. The van der Waals surface area contributed by atoms with Crippen LogP contribution in [-0.2, 0) is 24.3 Å². The van der Waals surface area contributed by atoms with Gasteiger partial charge in [-0.2, -0.15) is 13.5 Å². The van der Waals surface area contributed by atoms with Crippen LogP contribution in [0.15, 0.2) is 0 Å². The van der Waals surface area contributed by atoms with E-state index < -0.39 is 53.0 Å². The van der Waals surface area contributed by atoms with Gasteiger partial charge in [-0.05, 0) is 12.8 Å². The first-order chi connectivity index (χ1) is 11.1. The van der Waals surface area contributed by atoms with Gasteiger partial charge in [0.05, 0.1) is 12.6 Å². The summed E-state index contributed by atoms with van der Waals surface area (Å²) in [6, 6.07) is -3.70. The number of hydrazine groups is 1. The topological polar surface area (TPSA) is 192 Å². The molecular formula is C10H17N5O8S. The van der Waals surface area contributed by atoms with Gasteiger partial charge in [-0.15, -0.1) is 4.28 Å². The Morgan fingerprint density at radius 1 is 1.38 bits per heavy atom. The van der Waals surface area contributed by atoms with Crippen molar-refractivity contribution in [2.24, 2.45) is 5.73 Å². The molecule has 4 amide bonds. The lowest BCUT2D eigenvalue weighted by Gasteiger charge is -2.29. The summed E-state index contributed by atoms with van der Waals surface area (Å²) >= 11 is 0. The van der Waals surface area contributed by atoms with E-state index in [1.165, 1.54) is 0 Å². The number of carbonyl (C=O) groups excluding carboxylic acids is 3. The van der Waals surface area contributed by atoms with Crippen molar-refractivity contribution in [2.75, 3.05) is 13.2 Å². The Morgan fingerprint density at radius 3 is 2.62 bits per heavy atom. The standard InChI is InChI=1S/C10H17N5O8S/c11-6(4-16)8(17)12-13-9(18)7-2-1-5-3-14(7)10(19)15(5)23-24(20,21)22/h5-7,16H,1-4,11H2,(H,12,17)(H,13,18)(H,20,21,22)/t5-,6+,7?/m1/s1. The Kier molecular flexibility index (Phi) is 5.24. The van der Waals surface area contributed by atoms with Crippen molar-refractivity contribution in [3.05, 3.63) is 0 Å². The number of piperidine rings is 1. The molecule has 1 unspecified atom stereocenters. The fourth-order valence-corrected chi connectivity index (χ4v) is 2.87. The van der Waals surface area contributed by atoms with Crippen molar-refractivity contribution in [3.8, 4) is 0 Å². The number of amides is 4. The average molecular weight is 367 g/mol. The second kappa shape index (κ2) is 6.86. The number of hydroxylamine groups is 2. The third-order valence-electron chi connectivity index (χ3n) is 3.64. The highest BCUT2D eigenvalue weighted by atomic mass is 32.3. The van der Waals surface area contributed by atoms with Gasteiger partial charge in [0.1, 0.15) is 12.1 Å². The predicted octanol–water partition coefficient (Wildman–Crippen LogP) is -3.54. The molecule has 2 heterocycles. The summed E-state index contributed by atoms with van der Waals surface area (Å²) in [5, 5.41) is 9.22. The summed E-state index contributed by atoms with van der Waals surface area (Å²) in [6.45, 7) is -0.587. The van der Waals surface area contributed by atoms with Crippen LogP contribution in [0, 0.1) is 0 Å². The predicted molar refractivity (Wildman–Crippen MR) is 74.7 cm³/mol. The summed E-state index contributed by atoms with van der Waals surface area (Å²) in [7, 11) is -4.87. The molecule has 2 aliphatic rings. The highest BCUT2D eigenvalue weighted by Gasteiger charge is 2.49. The number of urea groups is 1. The summed E-state index contributed by atoms with van der Waals surface area (Å²) in [5.41, 5.74) is 9.35. The summed E-state index contributed by atoms with van der Waals surface area (Å²) in [5.74, 6) is -1.53. The van der Waals surface area contributed by atoms with Crippen LogP contribution in [0.25, 0.3) is 0 Å². The van der Waals surface area contributed by atoms with Crippen LogP contribution in [-0.4, -0.2) is 77.2 Å². The van der Waals surface area contributed by atoms with Crippen molar-refractivity contribution in [2.45, 2.75) is 31.0 Å². The second-order valence-corrected chi connectivity index (χ2v) is 6.28. The van der Waals surface area contributed by atoms with Gasteiger partial charge >= 0.3 is 16.4 Å². The molecule has 14 heteroatoms. The molecule has 3 atom stereocenters. The van der Waals surface area contributed by atoms with Gasteiger partial charge in [-0.25, -0.2) is 4.79 Å². The minimum Gasteiger partial charge on any atom is -0.394 e. The molecule has 13 nitrogen and oxygen atoms in total. The van der Waals surface area contributed by atoms with Gasteiger partial charge in [0.25, 0.3) is 11.8 Å². The number of carbonyl (C=O) groups is 3. The molecule has 6 N–H and O–H groups in total. The fourth-order valence-electron chi connectivity index (χ4n) is 2.49. The molecule has 2 rings (SSSR count). The van der Waals surface area contributed by atoms with E-state index in [4.69, 9.17) is 15.4 Å². The quantitative estimate of drug-likeness (QED) is 0.242. The molecule has 0 aromatic rings. The van der Waals surface area contributed by atoms with Crippen LogP contribution < -0.4 is 16.6 Å². The number of nitrogens with two attached hydrogens (primary N) is 1. The maximum absolute atomic E-state index is 12.1. The molecule has 24 heavy (non-hydrogen) atoms. The summed E-state index contributed by atoms with van der Waals surface area (Å²) in [4.78, 5) is 36.6. The number of nitrogens with one attached hydrogen (secondary N) is 2. The molecule has 0 saturated carbocycles. The zero-order chi connectivity index (χ0) is 18.1. The number of aliphatic hydroxyl groups is 1. The Bertz CT molecular complexity index is 639. The van der Waals surface area contributed by atoms with E-state index in [9.17, 15) is 22.8 Å². The Hall–Kier alpha value is -2.00. The first-order valence-corrected chi connectivity index (χ1v) is 8.23. The largest absolute Gasteiger partial charge is 0.418 e. The van der Waals surface area contributed by atoms with Crippen LogP contribution in [0.2, 0.25) is 0 Å². The fraction of sp³-hybridized carbons (Fsp3) is 0.700. The van der Waals surface area contributed by atoms with Crippen LogP contribution in [0.5, 0.6) is 0 Å². The van der Waals surface area contributed by atoms with Crippen LogP contribution in [0.1, 0.15) is 12.8 Å². The van der Waals surface area contributed by atoms with Gasteiger partial charge in [-0.1, -0.05) is 0 Å². The van der Waals surface area contributed by atoms with E-state index in [1.54, 1.807) is 0 Å². The zero-order valence-electron chi connectivity index (χ0n) is 12.3. The third-order valence-corrected chi connectivity index (χ3v) is 3.99. The number of aliphatic hydroxyl groups excluding tert-OH is 1. The lowest BCUT2D eigenvalue weighted by Crippen LogP contribution is -2.56. The Morgan fingerprint density at radius 2 is 2.04 bits per heavy atom. The van der Waals surface area contributed by atoms with E-state index >= 15 is 0 Å². The Labute approximate surface area is 136 Å². The van der Waals surface area contributed by atoms with E-state index in [1.807, 2.05) is 5.43 Å². The maximum Gasteiger partial charge on any atom is 0.418 e. The Balaban J connectivity index is 1.98. The molecule has 2 saturated heterocycles. The normalized spacial score (nSPS) is 24.7. The monoisotopic (exact) mass is 367 g/mol. The highest BCUT2D eigenvalue weighted by Crippen LogP contribution is 2.30. The maximum atomic E-state index is 12.1. The van der Waals surface area contributed by atoms with Gasteiger partial charge in [0.15, 0.2) is 0 Å². The second-order valence-electron chi connectivity index (χ2n) is 5.28. The van der Waals surface area contributed by atoms with Gasteiger partial charge in [-0.3, -0.25) is 25.0 Å². The molecule has 0 spiro atoms. The minimum atomic E-state index is -4.87. The molecule has 0 aromatic carbocycles. The lowest BCUT2D eigenvalue weighted by atomic mass is 10.0. The van der Waals surface area contributed by atoms with Crippen LogP contribution in [0.3, 0.4) is 0 Å². The average Bonchev–Trinajstić information content (AvgIpc) is 2.75. The van der Waals surface area contributed by atoms with Crippen molar-refractivity contribution in [1.29, 1.82) is 0 Å². The number of rotatable bonds is 5. The smallest absolute Gasteiger partial charge is 0.394 e. The molecule has 136 valence electrons. The highest BCUT2D eigenvalue weighted by molar-refractivity contribution is 7.80. The number of nitrogens with zero attached hydrogens (tertiary/aromatic N) is 2. The summed E-state index contributed by atoms with van der Waals surface area (Å²) < 4.78 is 34.4. The molecule has 2 aliphatic heterocycles. The third kappa shape index (κ3) is 3.90. The van der Waals surface area contributed by atoms with Crippen molar-refractivity contribution >= 4 is 28.2 Å². The van der Waals surface area contributed by atoms with Gasteiger partial charge < -0.3 is 15.7 Å². The molecule has 2 bridgehead atoms. The molecular weight excluding hydrogens is 350 g/mol. The molecule has 2 fully saturated rings. The van der Waals surface area contributed by atoms with Crippen LogP contribution >= 0.6 is 0 Å². The number of hydrogen-bond donors (Lipinski definition) is 5. The molecule has 0 aliphatic carbocycles. The summed E-state index contributed by atoms with van der Waals surface area (Å²) in [6.07, 6.45) is 0.440. The van der Waals surface area contributed by atoms with E-state index in [2.05, 4.69) is 9.71 Å². The van der Waals surface area contributed by atoms with Crippen molar-refractivity contribution in [3.63, 3.8) is 0 Å². The van der Waals surface area contributed by atoms with E-state index in [0.29, 0.717) is 5.06 Å².